The first-order valence-corrected chi connectivity index (χ1v) is 7.58. The number of pyridine rings is 1. The third kappa shape index (κ3) is 4.15. The van der Waals surface area contributed by atoms with Gasteiger partial charge in [-0.1, -0.05) is 6.07 Å². The summed E-state index contributed by atoms with van der Waals surface area (Å²) in [5.74, 6) is 0.0287. The fraction of sp³-hybridized carbons (Fsp3) is 0.333. The van der Waals surface area contributed by atoms with E-state index in [9.17, 15) is 8.42 Å². The SMILES string of the molecule is Cc1[nH]ncc1CNS(=O)(=O)CCc1ccccn1. The summed E-state index contributed by atoms with van der Waals surface area (Å²) in [5.41, 5.74) is 2.49. The number of hydrogen-bond acceptors (Lipinski definition) is 4. The molecule has 7 heteroatoms. The Bertz CT molecular complexity index is 622. The molecule has 2 N–H and O–H groups in total. The minimum absolute atomic E-state index is 0.0287. The molecule has 0 amide bonds. The van der Waals surface area contributed by atoms with Crippen molar-refractivity contribution in [2.24, 2.45) is 0 Å². The summed E-state index contributed by atoms with van der Waals surface area (Å²) >= 11 is 0. The molecular formula is C12H16N4O2S. The molecule has 2 aromatic heterocycles. The number of H-pyrrole nitrogens is 1. The first-order chi connectivity index (χ1) is 9.07. The number of rotatable bonds is 6. The lowest BCUT2D eigenvalue weighted by Crippen LogP contribution is -2.27. The lowest BCUT2D eigenvalue weighted by atomic mass is 10.3. The van der Waals surface area contributed by atoms with E-state index in [0.29, 0.717) is 6.42 Å². The van der Waals surface area contributed by atoms with Crippen molar-refractivity contribution >= 4 is 10.0 Å². The Morgan fingerprint density at radius 1 is 1.37 bits per heavy atom. The van der Waals surface area contributed by atoms with Gasteiger partial charge in [-0.2, -0.15) is 5.10 Å². The molecule has 0 saturated carbocycles. The zero-order chi connectivity index (χ0) is 13.7. The van der Waals surface area contributed by atoms with Gasteiger partial charge in [-0.3, -0.25) is 10.1 Å². The highest BCUT2D eigenvalue weighted by molar-refractivity contribution is 7.89. The lowest BCUT2D eigenvalue weighted by Gasteiger charge is -2.05. The summed E-state index contributed by atoms with van der Waals surface area (Å²) in [7, 11) is -3.30. The third-order valence-electron chi connectivity index (χ3n) is 2.77. The average Bonchev–Trinajstić information content (AvgIpc) is 2.81. The molecule has 0 aliphatic heterocycles. The van der Waals surface area contributed by atoms with Crippen LogP contribution in [-0.2, 0) is 23.0 Å². The number of aryl methyl sites for hydroxylation is 2. The Labute approximate surface area is 112 Å². The van der Waals surface area contributed by atoms with E-state index in [1.807, 2.05) is 19.1 Å². The largest absolute Gasteiger partial charge is 0.283 e. The predicted octanol–water partition coefficient (Wildman–Crippen LogP) is 0.775. The number of nitrogens with one attached hydrogen (secondary N) is 2. The van der Waals surface area contributed by atoms with Gasteiger partial charge in [0.25, 0.3) is 0 Å². The molecule has 0 aliphatic carbocycles. The Kier molecular flexibility index (Phi) is 4.28. The first-order valence-electron chi connectivity index (χ1n) is 5.93. The van der Waals surface area contributed by atoms with Crippen molar-refractivity contribution in [2.45, 2.75) is 19.9 Å². The van der Waals surface area contributed by atoms with Crippen LogP contribution in [0.4, 0.5) is 0 Å². The van der Waals surface area contributed by atoms with E-state index >= 15 is 0 Å². The molecule has 102 valence electrons. The van der Waals surface area contributed by atoms with Crippen molar-refractivity contribution in [2.75, 3.05) is 5.75 Å². The molecule has 0 unspecified atom stereocenters. The quantitative estimate of drug-likeness (QED) is 0.818. The first kappa shape index (κ1) is 13.7. The van der Waals surface area contributed by atoms with Gasteiger partial charge in [-0.15, -0.1) is 0 Å². The maximum atomic E-state index is 11.8. The van der Waals surface area contributed by atoms with E-state index < -0.39 is 10.0 Å². The summed E-state index contributed by atoms with van der Waals surface area (Å²) in [6, 6.07) is 5.46. The second kappa shape index (κ2) is 5.94. The number of aromatic amines is 1. The minimum atomic E-state index is -3.30. The van der Waals surface area contributed by atoms with Crippen LogP contribution in [0.2, 0.25) is 0 Å². The Balaban J connectivity index is 1.87. The van der Waals surface area contributed by atoms with Crippen LogP contribution in [0.3, 0.4) is 0 Å². The molecular weight excluding hydrogens is 264 g/mol. The topological polar surface area (TPSA) is 87.7 Å². The van der Waals surface area contributed by atoms with Gasteiger partial charge in [0.05, 0.1) is 11.9 Å². The van der Waals surface area contributed by atoms with E-state index in [1.54, 1.807) is 18.5 Å². The summed E-state index contributed by atoms with van der Waals surface area (Å²) in [4.78, 5) is 4.10. The van der Waals surface area contributed by atoms with Crippen LogP contribution in [0.5, 0.6) is 0 Å². The number of sulfonamides is 1. The van der Waals surface area contributed by atoms with Gasteiger partial charge in [0.1, 0.15) is 0 Å². The van der Waals surface area contributed by atoms with E-state index in [-0.39, 0.29) is 12.3 Å². The molecule has 0 atom stereocenters. The van der Waals surface area contributed by atoms with Gasteiger partial charge in [-0.25, -0.2) is 13.1 Å². The molecule has 0 fully saturated rings. The number of aromatic nitrogens is 3. The monoisotopic (exact) mass is 280 g/mol. The summed E-state index contributed by atoms with van der Waals surface area (Å²) in [6.07, 6.45) is 3.68. The van der Waals surface area contributed by atoms with Crippen LogP contribution >= 0.6 is 0 Å². The smallest absolute Gasteiger partial charge is 0.212 e. The van der Waals surface area contributed by atoms with Crippen LogP contribution in [-0.4, -0.2) is 29.4 Å². The molecule has 2 rings (SSSR count). The fourth-order valence-electron chi connectivity index (χ4n) is 1.60. The van der Waals surface area contributed by atoms with Gasteiger partial charge in [0.2, 0.25) is 10.0 Å². The van der Waals surface area contributed by atoms with Crippen molar-refractivity contribution in [1.29, 1.82) is 0 Å². The second-order valence-corrected chi connectivity index (χ2v) is 6.16. The number of nitrogens with zero attached hydrogens (tertiary/aromatic N) is 2. The molecule has 0 spiro atoms. The van der Waals surface area contributed by atoms with Gasteiger partial charge in [0.15, 0.2) is 0 Å². The predicted molar refractivity (Wildman–Crippen MR) is 71.9 cm³/mol. The third-order valence-corrected chi connectivity index (χ3v) is 4.10. The van der Waals surface area contributed by atoms with Crippen LogP contribution in [0.25, 0.3) is 0 Å². The molecule has 0 aromatic carbocycles. The van der Waals surface area contributed by atoms with E-state index in [4.69, 9.17) is 0 Å². The van der Waals surface area contributed by atoms with Crippen molar-refractivity contribution in [3.05, 3.63) is 47.5 Å². The minimum Gasteiger partial charge on any atom is -0.283 e. The maximum absolute atomic E-state index is 11.8. The highest BCUT2D eigenvalue weighted by Crippen LogP contribution is 2.03. The molecule has 0 radical (unpaired) electrons. The van der Waals surface area contributed by atoms with Gasteiger partial charge < -0.3 is 0 Å². The van der Waals surface area contributed by atoms with Crippen molar-refractivity contribution in [3.8, 4) is 0 Å². The standard InChI is InChI=1S/C12H16N4O2S/c1-10-11(8-14-16-10)9-15-19(17,18)7-5-12-4-2-3-6-13-12/h2-4,6,8,15H,5,7,9H2,1H3,(H,14,16). The maximum Gasteiger partial charge on any atom is 0.212 e. The highest BCUT2D eigenvalue weighted by Gasteiger charge is 2.11. The summed E-state index contributed by atoms with van der Waals surface area (Å²) < 4.78 is 26.2. The lowest BCUT2D eigenvalue weighted by molar-refractivity contribution is 0.580. The fourth-order valence-corrected chi connectivity index (χ4v) is 2.60. The summed E-state index contributed by atoms with van der Waals surface area (Å²) in [6.45, 7) is 2.11. The van der Waals surface area contributed by atoms with Crippen LogP contribution in [0.1, 0.15) is 17.0 Å². The Morgan fingerprint density at radius 3 is 2.84 bits per heavy atom. The molecule has 6 nitrogen and oxygen atoms in total. The molecule has 0 aliphatic rings. The van der Waals surface area contributed by atoms with Crippen molar-refractivity contribution in [1.82, 2.24) is 19.9 Å². The second-order valence-electron chi connectivity index (χ2n) is 4.23. The van der Waals surface area contributed by atoms with Gasteiger partial charge in [-0.05, 0) is 19.1 Å². The van der Waals surface area contributed by atoms with E-state index in [0.717, 1.165) is 17.0 Å². The molecule has 2 aromatic rings. The normalized spacial score (nSPS) is 11.6. The van der Waals surface area contributed by atoms with Gasteiger partial charge >= 0.3 is 0 Å². The van der Waals surface area contributed by atoms with Crippen LogP contribution in [0, 0.1) is 6.92 Å². The molecule has 2 heterocycles. The van der Waals surface area contributed by atoms with Crippen molar-refractivity contribution in [3.63, 3.8) is 0 Å². The Hall–Kier alpha value is -1.73. The van der Waals surface area contributed by atoms with Crippen LogP contribution < -0.4 is 4.72 Å². The zero-order valence-corrected chi connectivity index (χ0v) is 11.4. The van der Waals surface area contributed by atoms with Crippen LogP contribution in [0.15, 0.2) is 30.6 Å². The van der Waals surface area contributed by atoms with E-state index in [2.05, 4.69) is 19.9 Å². The summed E-state index contributed by atoms with van der Waals surface area (Å²) in [5, 5.41) is 6.61. The zero-order valence-electron chi connectivity index (χ0n) is 10.6. The Morgan fingerprint density at radius 2 is 2.21 bits per heavy atom. The number of hydrogen-bond donors (Lipinski definition) is 2. The molecule has 19 heavy (non-hydrogen) atoms. The van der Waals surface area contributed by atoms with Crippen molar-refractivity contribution < 1.29 is 8.42 Å². The molecule has 0 bridgehead atoms. The van der Waals surface area contributed by atoms with Gasteiger partial charge in [0, 0.05) is 36.1 Å². The average molecular weight is 280 g/mol. The molecule has 0 saturated heterocycles. The van der Waals surface area contributed by atoms with E-state index in [1.165, 1.54) is 0 Å². The highest BCUT2D eigenvalue weighted by atomic mass is 32.2.